The molecule has 208 valence electrons. The van der Waals surface area contributed by atoms with Gasteiger partial charge in [0.1, 0.15) is 0 Å². The first-order valence-corrected chi connectivity index (χ1v) is 13.0. The zero-order chi connectivity index (χ0) is 29.1. The molecule has 0 aliphatic heterocycles. The van der Waals surface area contributed by atoms with Gasteiger partial charge in [-0.2, -0.15) is 13.2 Å². The van der Waals surface area contributed by atoms with Gasteiger partial charge in [-0.1, -0.05) is 78.9 Å². The number of halogens is 3. The smallest absolute Gasteiger partial charge is 0.475 e. The molecular formula is C33H28F3N3O2. The first kappa shape index (κ1) is 29.1. The number of benzene rings is 2. The van der Waals surface area contributed by atoms with E-state index in [1.54, 1.807) is 0 Å². The fourth-order valence-corrected chi connectivity index (χ4v) is 4.56. The molecule has 0 aliphatic rings. The predicted octanol–water partition coefficient (Wildman–Crippen LogP) is 7.25. The van der Waals surface area contributed by atoms with Crippen LogP contribution in [0.2, 0.25) is 0 Å². The quantitative estimate of drug-likeness (QED) is 0.218. The van der Waals surface area contributed by atoms with E-state index in [4.69, 9.17) is 9.90 Å². The Balaban J connectivity index is 0.000000493. The Kier molecular flexibility index (Phi) is 9.94. The van der Waals surface area contributed by atoms with Gasteiger partial charge in [0, 0.05) is 48.0 Å². The fraction of sp³-hybridized carbons (Fsp3) is 0.152. The molecule has 1 N–H and O–H groups in total. The van der Waals surface area contributed by atoms with Crippen LogP contribution < -0.4 is 0 Å². The Morgan fingerprint density at radius 3 is 1.39 bits per heavy atom. The fourth-order valence-electron chi connectivity index (χ4n) is 4.56. The summed E-state index contributed by atoms with van der Waals surface area (Å²) in [5.74, 6) is -2.40. The van der Waals surface area contributed by atoms with Gasteiger partial charge in [0.25, 0.3) is 0 Å². The molecule has 0 spiro atoms. The summed E-state index contributed by atoms with van der Waals surface area (Å²) in [6.45, 7) is 0. The molecule has 3 aromatic heterocycles. The van der Waals surface area contributed by atoms with Crippen molar-refractivity contribution in [3.8, 4) is 0 Å². The van der Waals surface area contributed by atoms with Crippen LogP contribution >= 0.6 is 0 Å². The Bertz CT molecular complexity index is 1320. The van der Waals surface area contributed by atoms with Crippen molar-refractivity contribution in [2.24, 2.45) is 0 Å². The molecule has 41 heavy (non-hydrogen) atoms. The van der Waals surface area contributed by atoms with Crippen molar-refractivity contribution < 1.29 is 23.1 Å². The maximum atomic E-state index is 10.6. The van der Waals surface area contributed by atoms with Crippen LogP contribution in [0.5, 0.6) is 0 Å². The van der Waals surface area contributed by atoms with Gasteiger partial charge in [-0.3, -0.25) is 15.0 Å². The highest BCUT2D eigenvalue weighted by atomic mass is 19.4. The number of hydrogen-bond acceptors (Lipinski definition) is 4. The number of hydrogen-bond donors (Lipinski definition) is 1. The van der Waals surface area contributed by atoms with Crippen molar-refractivity contribution in [1.29, 1.82) is 0 Å². The van der Waals surface area contributed by atoms with Crippen LogP contribution in [0.4, 0.5) is 13.2 Å². The Morgan fingerprint density at radius 2 is 1.05 bits per heavy atom. The van der Waals surface area contributed by atoms with Crippen molar-refractivity contribution in [1.82, 2.24) is 15.0 Å². The van der Waals surface area contributed by atoms with Crippen molar-refractivity contribution in [2.75, 3.05) is 0 Å². The SMILES string of the molecule is O=C(O)C(F)(F)F.c1ccc([C@H](Cc2cncc(C[C@@H](c3ccccc3)c3ccccn3)c2)c2ccccn2)cc1. The van der Waals surface area contributed by atoms with E-state index in [1.807, 2.05) is 36.9 Å². The van der Waals surface area contributed by atoms with Crippen LogP contribution in [0.1, 0.15) is 45.5 Å². The number of carboxylic acids is 1. The van der Waals surface area contributed by atoms with Crippen molar-refractivity contribution in [3.05, 3.63) is 162 Å². The molecule has 0 fully saturated rings. The van der Waals surface area contributed by atoms with E-state index < -0.39 is 12.1 Å². The van der Waals surface area contributed by atoms with Crippen molar-refractivity contribution >= 4 is 5.97 Å². The third kappa shape index (κ3) is 8.57. The minimum absolute atomic E-state index is 0.181. The number of rotatable bonds is 8. The maximum absolute atomic E-state index is 10.6. The third-order valence-electron chi connectivity index (χ3n) is 6.47. The second kappa shape index (κ2) is 14.0. The van der Waals surface area contributed by atoms with E-state index in [-0.39, 0.29) is 11.8 Å². The maximum Gasteiger partial charge on any atom is 0.490 e. The predicted molar refractivity (Wildman–Crippen MR) is 150 cm³/mol. The molecule has 0 saturated carbocycles. The lowest BCUT2D eigenvalue weighted by Gasteiger charge is -2.19. The normalized spacial score (nSPS) is 12.5. The van der Waals surface area contributed by atoms with Gasteiger partial charge in [-0.05, 0) is 59.4 Å². The summed E-state index contributed by atoms with van der Waals surface area (Å²) in [5, 5.41) is 7.12. The van der Waals surface area contributed by atoms with Crippen LogP contribution in [0.15, 0.2) is 128 Å². The standard InChI is InChI=1S/C31H27N3.C2HF3O2/c1-3-11-26(12-4-1)28(30-15-7-9-17-33-30)20-24-19-25(23-32-22-24)21-29(27-13-5-2-6-14-27)31-16-8-10-18-34-31;3-2(4,5)1(6)7/h1-19,22-23,28-29H,20-21H2;(H,6,7)/t28-,29-;/m0./s1. The largest absolute Gasteiger partial charge is 0.490 e. The Labute approximate surface area is 236 Å². The van der Waals surface area contributed by atoms with E-state index in [1.165, 1.54) is 22.3 Å². The minimum atomic E-state index is -5.08. The van der Waals surface area contributed by atoms with Crippen LogP contribution in [0.25, 0.3) is 0 Å². The molecule has 5 aromatic rings. The van der Waals surface area contributed by atoms with Gasteiger partial charge < -0.3 is 5.11 Å². The second-order valence-corrected chi connectivity index (χ2v) is 9.35. The molecular weight excluding hydrogens is 527 g/mol. The van der Waals surface area contributed by atoms with Crippen molar-refractivity contribution in [2.45, 2.75) is 30.9 Å². The molecule has 5 nitrogen and oxygen atoms in total. The van der Waals surface area contributed by atoms with Gasteiger partial charge in [0.05, 0.1) is 0 Å². The number of aliphatic carboxylic acids is 1. The number of alkyl halides is 3. The number of pyridine rings is 3. The molecule has 3 heterocycles. The molecule has 5 rings (SSSR count). The lowest BCUT2D eigenvalue weighted by Crippen LogP contribution is -2.21. The number of aromatic nitrogens is 3. The van der Waals surface area contributed by atoms with E-state index in [0.29, 0.717) is 0 Å². The van der Waals surface area contributed by atoms with E-state index in [0.717, 1.165) is 24.2 Å². The van der Waals surface area contributed by atoms with E-state index in [2.05, 4.69) is 106 Å². The monoisotopic (exact) mass is 555 g/mol. The highest BCUT2D eigenvalue weighted by molar-refractivity contribution is 5.73. The summed E-state index contributed by atoms with van der Waals surface area (Å²) in [5.41, 5.74) is 7.11. The molecule has 0 aliphatic carbocycles. The molecule has 0 saturated heterocycles. The van der Waals surface area contributed by atoms with Crippen LogP contribution in [-0.4, -0.2) is 32.2 Å². The summed E-state index contributed by atoms with van der Waals surface area (Å²) >= 11 is 0. The average Bonchev–Trinajstić information content (AvgIpc) is 3.00. The molecule has 0 amide bonds. The van der Waals surface area contributed by atoms with Crippen LogP contribution in [-0.2, 0) is 17.6 Å². The summed E-state index contributed by atoms with van der Waals surface area (Å²) in [7, 11) is 0. The molecule has 0 bridgehead atoms. The van der Waals surface area contributed by atoms with Gasteiger partial charge in [0.15, 0.2) is 0 Å². The number of nitrogens with zero attached hydrogens (tertiary/aromatic N) is 3. The average molecular weight is 556 g/mol. The number of carboxylic acid groups (broad SMARTS) is 1. The lowest BCUT2D eigenvalue weighted by molar-refractivity contribution is -0.192. The van der Waals surface area contributed by atoms with E-state index >= 15 is 0 Å². The van der Waals surface area contributed by atoms with Crippen molar-refractivity contribution in [3.63, 3.8) is 0 Å². The molecule has 0 unspecified atom stereocenters. The van der Waals surface area contributed by atoms with Gasteiger partial charge >= 0.3 is 12.1 Å². The lowest BCUT2D eigenvalue weighted by atomic mass is 9.87. The molecule has 2 aromatic carbocycles. The Morgan fingerprint density at radius 1 is 0.659 bits per heavy atom. The molecule has 0 radical (unpaired) electrons. The summed E-state index contributed by atoms with van der Waals surface area (Å²) in [6, 6.07) is 35.8. The second-order valence-electron chi connectivity index (χ2n) is 9.35. The zero-order valence-corrected chi connectivity index (χ0v) is 22.0. The van der Waals surface area contributed by atoms with Crippen LogP contribution in [0.3, 0.4) is 0 Å². The van der Waals surface area contributed by atoms with E-state index in [9.17, 15) is 13.2 Å². The first-order valence-electron chi connectivity index (χ1n) is 13.0. The third-order valence-corrected chi connectivity index (χ3v) is 6.47. The van der Waals surface area contributed by atoms with Crippen LogP contribution in [0, 0.1) is 0 Å². The highest BCUT2D eigenvalue weighted by Crippen LogP contribution is 2.30. The molecule has 2 atom stereocenters. The summed E-state index contributed by atoms with van der Waals surface area (Å²) in [6.07, 6.45) is 4.33. The summed E-state index contributed by atoms with van der Waals surface area (Å²) < 4.78 is 31.7. The molecule has 8 heteroatoms. The summed E-state index contributed by atoms with van der Waals surface area (Å²) in [4.78, 5) is 22.9. The minimum Gasteiger partial charge on any atom is -0.475 e. The number of carbonyl (C=O) groups is 1. The highest BCUT2D eigenvalue weighted by Gasteiger charge is 2.38. The van der Waals surface area contributed by atoms with Gasteiger partial charge in [-0.25, -0.2) is 4.79 Å². The zero-order valence-electron chi connectivity index (χ0n) is 22.0. The van der Waals surface area contributed by atoms with Gasteiger partial charge in [-0.15, -0.1) is 0 Å². The topological polar surface area (TPSA) is 76.0 Å². The Hall–Kier alpha value is -4.85. The first-order chi connectivity index (χ1) is 19.8. The van der Waals surface area contributed by atoms with Gasteiger partial charge in [0.2, 0.25) is 0 Å².